The maximum atomic E-state index is 4.23. The van der Waals surface area contributed by atoms with E-state index in [0.29, 0.717) is 0 Å². The predicted octanol–water partition coefficient (Wildman–Crippen LogP) is -2.29. The molecular formula is H3BLiPS. The SMILES string of the molecule is PB=S.[H-].[Li+]. The molecule has 0 N–H and O–H groups in total. The Morgan fingerprint density at radius 1 is 2.00 bits per heavy atom. The summed E-state index contributed by atoms with van der Waals surface area (Å²) in [5.41, 5.74) is 0. The van der Waals surface area contributed by atoms with Gasteiger partial charge in [0.05, 0.1) is 0 Å². The van der Waals surface area contributed by atoms with Crippen molar-refractivity contribution in [2.75, 3.05) is 0 Å². The van der Waals surface area contributed by atoms with Crippen molar-refractivity contribution in [3.8, 4) is 0 Å². The summed E-state index contributed by atoms with van der Waals surface area (Å²) in [4.78, 5) is 0. The van der Waals surface area contributed by atoms with Crippen LogP contribution in [0, 0.1) is 0 Å². The van der Waals surface area contributed by atoms with Gasteiger partial charge in [-0.3, -0.25) is 0 Å². The van der Waals surface area contributed by atoms with Gasteiger partial charge in [-0.2, -0.15) is 0 Å². The largest absolute Gasteiger partial charge is 1.00 e. The van der Waals surface area contributed by atoms with Crippen molar-refractivity contribution >= 4 is 27.0 Å². The van der Waals surface area contributed by atoms with E-state index < -0.39 is 0 Å². The van der Waals surface area contributed by atoms with Gasteiger partial charge in [-0.15, -0.1) is 0 Å². The summed E-state index contributed by atoms with van der Waals surface area (Å²) in [5, 5.41) is 0. The van der Waals surface area contributed by atoms with Crippen LogP contribution in [0.3, 0.4) is 0 Å². The molecule has 0 saturated heterocycles. The Bertz CT molecular complexity index is 19.1. The van der Waals surface area contributed by atoms with E-state index >= 15 is 0 Å². The molecule has 4 heavy (non-hydrogen) atoms. The van der Waals surface area contributed by atoms with Gasteiger partial charge in [-0.25, -0.2) is 0 Å². The maximum absolute atomic E-state index is 4.23. The average Bonchev–Trinajstić information content (AvgIpc) is 0.918. The zero-order valence-electron chi connectivity index (χ0n) is 3.56. The summed E-state index contributed by atoms with van der Waals surface area (Å²) < 4.78 is 0. The van der Waals surface area contributed by atoms with E-state index in [1.165, 1.54) is 5.87 Å². The van der Waals surface area contributed by atoms with Crippen molar-refractivity contribution in [3.05, 3.63) is 0 Å². The van der Waals surface area contributed by atoms with Gasteiger partial charge >= 0.3 is 45.9 Å². The second-order valence-corrected chi connectivity index (χ2v) is 1.22. The fourth-order valence-corrected chi connectivity index (χ4v) is 0. The van der Waals surface area contributed by atoms with E-state index in [1.54, 1.807) is 0 Å². The molecule has 0 aliphatic heterocycles. The van der Waals surface area contributed by atoms with Crippen LogP contribution < -0.4 is 18.9 Å². The van der Waals surface area contributed by atoms with Crippen molar-refractivity contribution in [2.24, 2.45) is 0 Å². The van der Waals surface area contributed by atoms with Crippen LogP contribution in [0.5, 0.6) is 0 Å². The third kappa shape index (κ3) is 10.3. The second kappa shape index (κ2) is 8.85. The Morgan fingerprint density at radius 2 is 2.00 bits per heavy atom. The van der Waals surface area contributed by atoms with Gasteiger partial charge in [0.15, 0.2) is 0 Å². The monoisotopic (exact) mass is 84.0 g/mol. The van der Waals surface area contributed by atoms with E-state index in [1.807, 2.05) is 0 Å². The molecule has 0 aliphatic carbocycles. The molecule has 0 fully saturated rings. The third-order valence-electron chi connectivity index (χ3n) is 0. The van der Waals surface area contributed by atoms with E-state index in [-0.39, 0.29) is 20.3 Å². The Morgan fingerprint density at radius 3 is 2.00 bits per heavy atom. The number of hydrogen-bond donors (Lipinski definition) is 0. The summed E-state index contributed by atoms with van der Waals surface area (Å²) in [6.07, 6.45) is 0. The van der Waals surface area contributed by atoms with Crippen LogP contribution in [0.25, 0.3) is 0 Å². The molecule has 0 spiro atoms. The molecule has 0 aliphatic rings. The van der Waals surface area contributed by atoms with Crippen LogP contribution in [0.1, 0.15) is 1.43 Å². The van der Waals surface area contributed by atoms with Crippen LogP contribution in [0.15, 0.2) is 0 Å². The first kappa shape index (κ1) is 9.00. The number of rotatable bonds is 0. The molecule has 1 atom stereocenters. The molecule has 0 aromatic rings. The van der Waals surface area contributed by atoms with Gasteiger partial charge in [-0.05, 0) is 0 Å². The second-order valence-electron chi connectivity index (χ2n) is 0.136. The predicted molar refractivity (Wildman–Crippen MR) is 24.2 cm³/mol. The van der Waals surface area contributed by atoms with E-state index in [9.17, 15) is 0 Å². The van der Waals surface area contributed by atoms with Gasteiger partial charge in [0.25, 0.3) is 0 Å². The minimum atomic E-state index is 0. The first-order valence-corrected chi connectivity index (χ1v) is 1.71. The van der Waals surface area contributed by atoms with Crippen LogP contribution in [-0.4, -0.2) is 5.87 Å². The average molecular weight is 83.8 g/mol. The fourth-order valence-electron chi connectivity index (χ4n) is 0. The standard InChI is InChI=1S/BH2PS.Li.H/c2-1-3;;/h2H2;;/q;+1;-1. The maximum Gasteiger partial charge on any atom is 1.00 e. The Labute approximate surface area is 47.7 Å². The Kier molecular flexibility index (Phi) is 19.9. The van der Waals surface area contributed by atoms with Crippen LogP contribution in [0.4, 0.5) is 0 Å². The minimum Gasteiger partial charge on any atom is -1.00 e. The molecule has 0 aromatic heterocycles. The van der Waals surface area contributed by atoms with Crippen molar-refractivity contribution in [1.29, 1.82) is 0 Å². The van der Waals surface area contributed by atoms with Crippen LogP contribution in [0.2, 0.25) is 0 Å². The van der Waals surface area contributed by atoms with Gasteiger partial charge in [-0.1, -0.05) is 0 Å². The number of hydrogen-bond acceptors (Lipinski definition) is 1. The summed E-state index contributed by atoms with van der Waals surface area (Å²) >= 11 is 4.23. The van der Waals surface area contributed by atoms with Gasteiger partial charge < -0.3 is 1.43 Å². The molecule has 0 nitrogen and oxygen atoms in total. The molecule has 0 radical (unpaired) electrons. The first-order chi connectivity index (χ1) is 1.41. The van der Waals surface area contributed by atoms with Gasteiger partial charge in [0.2, 0.25) is 0 Å². The Hall–Kier alpha value is 1.31. The van der Waals surface area contributed by atoms with E-state index in [0.717, 1.165) is 0 Å². The normalized spacial score (nSPS) is 2.25. The molecule has 0 heterocycles. The summed E-state index contributed by atoms with van der Waals surface area (Å²) in [6, 6.07) is 0. The van der Waals surface area contributed by atoms with Crippen molar-refractivity contribution in [3.63, 3.8) is 0 Å². The molecule has 0 bridgehead atoms. The molecule has 0 aromatic carbocycles. The first-order valence-electron chi connectivity index (χ1n) is 0.569. The molecule has 0 amide bonds. The van der Waals surface area contributed by atoms with E-state index in [4.69, 9.17) is 0 Å². The van der Waals surface area contributed by atoms with E-state index in [2.05, 4.69) is 21.2 Å². The fraction of sp³-hybridized carbons (Fsp3) is 0. The minimum absolute atomic E-state index is 0. The van der Waals surface area contributed by atoms with Gasteiger partial charge in [0, 0.05) is 0 Å². The van der Waals surface area contributed by atoms with Crippen molar-refractivity contribution in [1.82, 2.24) is 0 Å². The zero-order chi connectivity index (χ0) is 2.71. The summed E-state index contributed by atoms with van der Waals surface area (Å²) in [6.45, 7) is 0. The molecule has 0 saturated carbocycles. The summed E-state index contributed by atoms with van der Waals surface area (Å²) in [7, 11) is 2.27. The smallest absolute Gasteiger partial charge is 1.00 e. The molecule has 0 rings (SSSR count). The molecular weight excluding hydrogens is 80.8 g/mol. The van der Waals surface area contributed by atoms with Gasteiger partial charge in [0.1, 0.15) is 0 Å². The van der Waals surface area contributed by atoms with Crippen molar-refractivity contribution in [2.45, 2.75) is 0 Å². The topological polar surface area (TPSA) is 0 Å². The van der Waals surface area contributed by atoms with Crippen molar-refractivity contribution < 1.29 is 20.3 Å². The molecule has 4 heteroatoms. The van der Waals surface area contributed by atoms with Crippen LogP contribution >= 0.6 is 21.2 Å². The Balaban J connectivity index is -0.0000000200. The summed E-state index contributed by atoms with van der Waals surface area (Å²) in [5.74, 6) is 1.50. The van der Waals surface area contributed by atoms with Crippen LogP contribution in [-0.2, 0) is 0 Å². The molecule has 18 valence electrons. The quantitative estimate of drug-likeness (QED) is 0.235. The third-order valence-corrected chi connectivity index (χ3v) is 0. The zero-order valence-corrected chi connectivity index (χ0v) is 4.53. The molecule has 1 unspecified atom stereocenters.